The lowest BCUT2D eigenvalue weighted by molar-refractivity contribution is -0.132. The SMILES string of the molecule is CCN(CC)c1ccc(N2C(=O)C(=O)/C(=C(/O)c3cccc4ccccc34)C2c2ccccc2C)cc1. The first kappa shape index (κ1) is 24.3. The monoisotopic (exact) mass is 490 g/mol. The minimum absolute atomic E-state index is 0.100. The smallest absolute Gasteiger partial charge is 0.300 e. The Morgan fingerprint density at radius 2 is 1.49 bits per heavy atom. The molecule has 1 N–H and O–H groups in total. The number of hydrogen-bond donors (Lipinski definition) is 1. The molecular formula is C32H30N2O3. The van der Waals surface area contributed by atoms with Crippen LogP contribution in [-0.4, -0.2) is 29.9 Å². The largest absolute Gasteiger partial charge is 0.507 e. The van der Waals surface area contributed by atoms with Crippen molar-refractivity contribution in [3.05, 3.63) is 113 Å². The van der Waals surface area contributed by atoms with Crippen molar-refractivity contribution in [2.75, 3.05) is 22.9 Å². The van der Waals surface area contributed by atoms with Crippen LogP contribution in [0.3, 0.4) is 0 Å². The minimum atomic E-state index is -0.750. The van der Waals surface area contributed by atoms with Crippen LogP contribution in [0.4, 0.5) is 11.4 Å². The first-order valence-electron chi connectivity index (χ1n) is 12.7. The van der Waals surface area contributed by atoms with Gasteiger partial charge in [0.05, 0.1) is 11.6 Å². The second kappa shape index (κ2) is 9.94. The number of aliphatic hydroxyl groups excluding tert-OH is 1. The summed E-state index contributed by atoms with van der Waals surface area (Å²) in [5, 5.41) is 13.4. The lowest BCUT2D eigenvalue weighted by Crippen LogP contribution is -2.30. The fourth-order valence-electron chi connectivity index (χ4n) is 5.28. The summed E-state index contributed by atoms with van der Waals surface area (Å²) < 4.78 is 0. The van der Waals surface area contributed by atoms with Gasteiger partial charge in [0.25, 0.3) is 11.7 Å². The zero-order chi connectivity index (χ0) is 26.1. The van der Waals surface area contributed by atoms with Crippen molar-refractivity contribution in [1.82, 2.24) is 0 Å². The van der Waals surface area contributed by atoms with E-state index in [1.54, 1.807) is 6.07 Å². The lowest BCUT2D eigenvalue weighted by atomic mass is 9.91. The molecule has 5 nitrogen and oxygen atoms in total. The van der Waals surface area contributed by atoms with Gasteiger partial charge in [-0.3, -0.25) is 14.5 Å². The molecule has 1 atom stereocenters. The number of amides is 1. The maximum atomic E-state index is 13.6. The number of rotatable bonds is 6. The maximum absolute atomic E-state index is 13.6. The van der Waals surface area contributed by atoms with Crippen LogP contribution in [-0.2, 0) is 9.59 Å². The molecule has 1 aliphatic rings. The third-order valence-corrected chi connectivity index (χ3v) is 7.23. The first-order chi connectivity index (χ1) is 18.0. The molecule has 0 bridgehead atoms. The molecule has 5 heteroatoms. The summed E-state index contributed by atoms with van der Waals surface area (Å²) in [7, 11) is 0. The van der Waals surface area contributed by atoms with Crippen LogP contribution >= 0.6 is 0 Å². The molecule has 0 aliphatic carbocycles. The van der Waals surface area contributed by atoms with E-state index in [1.165, 1.54) is 4.90 Å². The highest BCUT2D eigenvalue weighted by atomic mass is 16.3. The molecule has 1 unspecified atom stereocenters. The number of Topliss-reactive ketones (excluding diaryl/α,β-unsaturated/α-hetero) is 1. The molecule has 4 aromatic rings. The number of carbonyl (C=O) groups excluding carboxylic acids is 2. The van der Waals surface area contributed by atoms with E-state index in [9.17, 15) is 14.7 Å². The Bertz CT molecular complexity index is 1510. The van der Waals surface area contributed by atoms with Crippen molar-refractivity contribution in [2.24, 2.45) is 0 Å². The van der Waals surface area contributed by atoms with Crippen molar-refractivity contribution >= 4 is 39.6 Å². The topological polar surface area (TPSA) is 60.9 Å². The van der Waals surface area contributed by atoms with Gasteiger partial charge in [-0.25, -0.2) is 0 Å². The molecule has 1 saturated heterocycles. The number of ketones is 1. The highest BCUT2D eigenvalue weighted by Crippen LogP contribution is 2.44. The van der Waals surface area contributed by atoms with Gasteiger partial charge in [-0.2, -0.15) is 0 Å². The van der Waals surface area contributed by atoms with Crippen molar-refractivity contribution in [3.8, 4) is 0 Å². The quantitative estimate of drug-likeness (QED) is 0.187. The summed E-state index contributed by atoms with van der Waals surface area (Å²) >= 11 is 0. The molecule has 1 heterocycles. The molecule has 37 heavy (non-hydrogen) atoms. The molecule has 5 rings (SSSR count). The van der Waals surface area contributed by atoms with E-state index in [2.05, 4.69) is 18.7 Å². The Kier molecular flexibility index (Phi) is 6.53. The van der Waals surface area contributed by atoms with Crippen molar-refractivity contribution in [1.29, 1.82) is 0 Å². The summed E-state index contributed by atoms with van der Waals surface area (Å²) in [4.78, 5) is 30.9. The number of anilines is 2. The molecule has 0 radical (unpaired) electrons. The molecule has 0 spiro atoms. The molecular weight excluding hydrogens is 460 g/mol. The minimum Gasteiger partial charge on any atom is -0.507 e. The highest BCUT2D eigenvalue weighted by molar-refractivity contribution is 6.51. The standard InChI is InChI=1S/C32H30N2O3/c1-4-33(5-2)23-17-19-24(20-18-23)34-29(25-14-8-6-11-21(25)3)28(31(36)32(34)37)30(35)27-16-10-13-22-12-7-9-15-26(22)27/h6-20,29,35H,4-5H2,1-3H3/b30-28+. The third-order valence-electron chi connectivity index (χ3n) is 7.23. The van der Waals surface area contributed by atoms with Gasteiger partial charge in [0.2, 0.25) is 0 Å². The van der Waals surface area contributed by atoms with Crippen molar-refractivity contribution in [3.63, 3.8) is 0 Å². The average Bonchev–Trinajstić information content (AvgIpc) is 3.19. The van der Waals surface area contributed by atoms with Crippen LogP contribution < -0.4 is 9.80 Å². The zero-order valence-corrected chi connectivity index (χ0v) is 21.3. The van der Waals surface area contributed by atoms with E-state index < -0.39 is 17.7 Å². The Morgan fingerprint density at radius 3 is 2.19 bits per heavy atom. The molecule has 186 valence electrons. The van der Waals surface area contributed by atoms with Crippen molar-refractivity contribution < 1.29 is 14.7 Å². The van der Waals surface area contributed by atoms with Gasteiger partial charge in [0, 0.05) is 30.0 Å². The van der Waals surface area contributed by atoms with E-state index in [1.807, 2.05) is 91.9 Å². The number of hydrogen-bond acceptors (Lipinski definition) is 4. The van der Waals surface area contributed by atoms with Crippen molar-refractivity contribution in [2.45, 2.75) is 26.8 Å². The average molecular weight is 491 g/mol. The summed E-state index contributed by atoms with van der Waals surface area (Å²) in [5.74, 6) is -1.50. The van der Waals surface area contributed by atoms with Gasteiger partial charge in [0.15, 0.2) is 0 Å². The van der Waals surface area contributed by atoms with Gasteiger partial charge < -0.3 is 10.0 Å². The molecule has 1 amide bonds. The Hall–Kier alpha value is -4.38. The second-order valence-electron chi connectivity index (χ2n) is 9.24. The number of carbonyl (C=O) groups is 2. The van der Waals surface area contributed by atoms with Crippen LogP contribution in [0.25, 0.3) is 16.5 Å². The van der Waals surface area contributed by atoms with E-state index in [0.717, 1.165) is 40.7 Å². The molecule has 4 aromatic carbocycles. The van der Waals surface area contributed by atoms with E-state index in [4.69, 9.17) is 0 Å². The van der Waals surface area contributed by atoms with Gasteiger partial charge in [-0.1, -0.05) is 66.7 Å². The summed E-state index contributed by atoms with van der Waals surface area (Å²) in [6, 6.07) is 27.9. The number of benzene rings is 4. The van der Waals surface area contributed by atoms with E-state index in [0.29, 0.717) is 11.3 Å². The normalized spacial score (nSPS) is 16.9. The Balaban J connectivity index is 1.72. The third kappa shape index (κ3) is 4.16. The van der Waals surface area contributed by atoms with E-state index >= 15 is 0 Å². The van der Waals surface area contributed by atoms with Crippen LogP contribution in [0.5, 0.6) is 0 Å². The first-order valence-corrected chi connectivity index (χ1v) is 12.7. The lowest BCUT2D eigenvalue weighted by Gasteiger charge is -2.28. The zero-order valence-electron chi connectivity index (χ0n) is 21.3. The number of aliphatic hydroxyl groups is 1. The maximum Gasteiger partial charge on any atom is 0.300 e. The molecule has 1 fully saturated rings. The molecule has 1 aliphatic heterocycles. The number of aryl methyl sites for hydroxylation is 1. The predicted molar refractivity (Wildman–Crippen MR) is 150 cm³/mol. The summed E-state index contributed by atoms with van der Waals surface area (Å²) in [6.45, 7) is 7.89. The van der Waals surface area contributed by atoms with Crippen LogP contribution in [0.2, 0.25) is 0 Å². The summed E-state index contributed by atoms with van der Waals surface area (Å²) in [5.41, 5.74) is 4.03. The molecule has 0 aromatic heterocycles. The van der Waals surface area contributed by atoms with Crippen LogP contribution in [0.1, 0.15) is 36.6 Å². The van der Waals surface area contributed by atoms with Gasteiger partial charge in [-0.05, 0) is 66.9 Å². The van der Waals surface area contributed by atoms with Gasteiger partial charge in [-0.15, -0.1) is 0 Å². The Labute approximate surface area is 217 Å². The van der Waals surface area contributed by atoms with Crippen LogP contribution in [0, 0.1) is 6.92 Å². The van der Waals surface area contributed by atoms with Gasteiger partial charge in [0.1, 0.15) is 5.76 Å². The second-order valence-corrected chi connectivity index (χ2v) is 9.24. The van der Waals surface area contributed by atoms with E-state index in [-0.39, 0.29) is 11.3 Å². The fourth-order valence-corrected chi connectivity index (χ4v) is 5.28. The Morgan fingerprint density at radius 1 is 0.838 bits per heavy atom. The van der Waals surface area contributed by atoms with Crippen LogP contribution in [0.15, 0.2) is 96.6 Å². The predicted octanol–water partition coefficient (Wildman–Crippen LogP) is 6.62. The number of nitrogens with zero attached hydrogens (tertiary/aromatic N) is 2. The highest BCUT2D eigenvalue weighted by Gasteiger charge is 2.47. The number of fused-ring (bicyclic) bond motifs is 1. The molecule has 0 saturated carbocycles. The fraction of sp³-hybridized carbons (Fsp3) is 0.188. The summed E-state index contributed by atoms with van der Waals surface area (Å²) in [6.07, 6.45) is 0. The van der Waals surface area contributed by atoms with Gasteiger partial charge >= 0.3 is 0 Å².